The number of hydrogen-bond donors (Lipinski definition) is 1. The van der Waals surface area contributed by atoms with Gasteiger partial charge in [0.1, 0.15) is 0 Å². The summed E-state index contributed by atoms with van der Waals surface area (Å²) in [7, 11) is 0. The molecule has 0 amide bonds. The van der Waals surface area contributed by atoms with Gasteiger partial charge in [-0.1, -0.05) is 6.92 Å². The van der Waals surface area contributed by atoms with E-state index in [4.69, 9.17) is 0 Å². The smallest absolute Gasteiger partial charge is 0.0285 e. The van der Waals surface area contributed by atoms with Crippen molar-refractivity contribution < 1.29 is 0 Å². The van der Waals surface area contributed by atoms with Gasteiger partial charge < -0.3 is 5.32 Å². The highest BCUT2D eigenvalue weighted by Crippen LogP contribution is 2.21. The van der Waals surface area contributed by atoms with E-state index in [0.29, 0.717) is 0 Å². The molecule has 74 valence electrons. The van der Waals surface area contributed by atoms with Crippen molar-refractivity contribution in [2.24, 2.45) is 0 Å². The van der Waals surface area contributed by atoms with Gasteiger partial charge >= 0.3 is 0 Å². The van der Waals surface area contributed by atoms with Crippen molar-refractivity contribution in [3.8, 4) is 0 Å². The van der Waals surface area contributed by atoms with Crippen molar-refractivity contribution in [3.63, 3.8) is 0 Å². The van der Waals surface area contributed by atoms with E-state index in [2.05, 4.69) is 39.6 Å². The molecular weight excluding hydrogens is 246 g/mol. The van der Waals surface area contributed by atoms with Crippen molar-refractivity contribution in [1.82, 2.24) is 5.32 Å². The van der Waals surface area contributed by atoms with Crippen molar-refractivity contribution in [2.45, 2.75) is 26.2 Å². The molecule has 3 heteroatoms. The van der Waals surface area contributed by atoms with Crippen LogP contribution >= 0.6 is 27.3 Å². The van der Waals surface area contributed by atoms with E-state index in [1.54, 1.807) is 0 Å². The van der Waals surface area contributed by atoms with Crippen molar-refractivity contribution in [3.05, 3.63) is 20.8 Å². The Balaban J connectivity index is 2.06. The molecule has 0 spiro atoms. The largest absolute Gasteiger partial charge is 0.317 e. The van der Waals surface area contributed by atoms with E-state index in [-0.39, 0.29) is 0 Å². The van der Waals surface area contributed by atoms with Crippen LogP contribution in [0.4, 0.5) is 0 Å². The Bertz CT molecular complexity index is 235. The first kappa shape index (κ1) is 11.2. The first-order chi connectivity index (χ1) is 6.33. The third kappa shape index (κ3) is 4.79. The minimum atomic E-state index is 1.09. The maximum absolute atomic E-state index is 3.46. The second-order valence-corrected chi connectivity index (χ2v) is 4.95. The predicted octanol–water partition coefficient (Wildman–Crippen LogP) is 3.44. The number of hydrogen-bond acceptors (Lipinski definition) is 2. The molecule has 0 radical (unpaired) electrons. The molecule has 1 heterocycles. The number of aryl methyl sites for hydroxylation is 1. The number of rotatable bonds is 6. The van der Waals surface area contributed by atoms with Gasteiger partial charge in [-0.25, -0.2) is 0 Å². The molecule has 0 unspecified atom stereocenters. The molecule has 1 aromatic rings. The first-order valence-corrected chi connectivity index (χ1v) is 6.44. The molecule has 13 heavy (non-hydrogen) atoms. The quantitative estimate of drug-likeness (QED) is 0.774. The average Bonchev–Trinajstić information content (AvgIpc) is 2.51. The van der Waals surface area contributed by atoms with Gasteiger partial charge in [-0.3, -0.25) is 0 Å². The third-order valence-electron chi connectivity index (χ3n) is 1.90. The minimum Gasteiger partial charge on any atom is -0.317 e. The summed E-state index contributed by atoms with van der Waals surface area (Å²) in [5.74, 6) is 0. The molecule has 0 aromatic carbocycles. The standard InChI is InChI=1S/C10H16BrNS/c1-2-12-6-4-3-5-10-7-9(11)8-13-10/h7-8,12H,2-6H2,1H3. The lowest BCUT2D eigenvalue weighted by atomic mass is 10.2. The number of unbranched alkanes of at least 4 members (excludes halogenated alkanes) is 1. The highest BCUT2D eigenvalue weighted by atomic mass is 79.9. The summed E-state index contributed by atoms with van der Waals surface area (Å²) in [5, 5.41) is 5.49. The first-order valence-electron chi connectivity index (χ1n) is 4.76. The zero-order valence-corrected chi connectivity index (χ0v) is 10.4. The Morgan fingerprint density at radius 2 is 2.31 bits per heavy atom. The lowest BCUT2D eigenvalue weighted by molar-refractivity contribution is 0.643. The van der Waals surface area contributed by atoms with Crippen molar-refractivity contribution >= 4 is 27.3 Å². The van der Waals surface area contributed by atoms with Gasteiger partial charge in [-0.15, -0.1) is 11.3 Å². The maximum atomic E-state index is 3.46. The Kier molecular flexibility index (Phi) is 5.67. The monoisotopic (exact) mass is 261 g/mol. The summed E-state index contributed by atoms with van der Waals surface area (Å²) in [4.78, 5) is 1.49. The highest BCUT2D eigenvalue weighted by Gasteiger charge is 1.96. The molecule has 0 fully saturated rings. The fraction of sp³-hybridized carbons (Fsp3) is 0.600. The second kappa shape index (κ2) is 6.57. The van der Waals surface area contributed by atoms with Crippen LogP contribution in [-0.4, -0.2) is 13.1 Å². The van der Waals surface area contributed by atoms with Crippen LogP contribution in [0.1, 0.15) is 24.6 Å². The third-order valence-corrected chi connectivity index (χ3v) is 3.66. The van der Waals surface area contributed by atoms with Crippen molar-refractivity contribution in [2.75, 3.05) is 13.1 Å². The summed E-state index contributed by atoms with van der Waals surface area (Å²) < 4.78 is 1.22. The Morgan fingerprint density at radius 1 is 1.46 bits per heavy atom. The van der Waals surface area contributed by atoms with E-state index < -0.39 is 0 Å². The molecule has 1 N–H and O–H groups in total. The van der Waals surface area contributed by atoms with Crippen LogP contribution in [0.15, 0.2) is 15.9 Å². The molecule has 0 aliphatic heterocycles. The second-order valence-electron chi connectivity index (χ2n) is 3.04. The van der Waals surface area contributed by atoms with Crippen LogP contribution in [-0.2, 0) is 6.42 Å². The van der Waals surface area contributed by atoms with E-state index >= 15 is 0 Å². The van der Waals surface area contributed by atoms with Crippen LogP contribution in [0.25, 0.3) is 0 Å². The fourth-order valence-electron chi connectivity index (χ4n) is 1.21. The van der Waals surface area contributed by atoms with Crippen LogP contribution in [0, 0.1) is 0 Å². The van der Waals surface area contributed by atoms with E-state index in [1.165, 1.54) is 28.6 Å². The average molecular weight is 262 g/mol. The summed E-state index contributed by atoms with van der Waals surface area (Å²) in [5.41, 5.74) is 0. The van der Waals surface area contributed by atoms with Gasteiger partial charge in [0, 0.05) is 14.7 Å². The summed E-state index contributed by atoms with van der Waals surface area (Å²) in [6.45, 7) is 4.39. The predicted molar refractivity (Wildman–Crippen MR) is 63.5 cm³/mol. The lowest BCUT2D eigenvalue weighted by Gasteiger charge is -1.99. The number of nitrogens with one attached hydrogen (secondary N) is 1. The summed E-state index contributed by atoms with van der Waals surface area (Å²) in [6, 6.07) is 2.22. The maximum Gasteiger partial charge on any atom is 0.0285 e. The van der Waals surface area contributed by atoms with Gasteiger partial charge in [0.2, 0.25) is 0 Å². The van der Waals surface area contributed by atoms with Crippen LogP contribution in [0.5, 0.6) is 0 Å². The lowest BCUT2D eigenvalue weighted by Crippen LogP contribution is -2.13. The molecule has 0 saturated heterocycles. The molecule has 1 rings (SSSR count). The molecular formula is C10H16BrNS. The normalized spacial score (nSPS) is 10.6. The Labute approximate surface area is 92.7 Å². The van der Waals surface area contributed by atoms with Crippen LogP contribution in [0.2, 0.25) is 0 Å². The fourth-order valence-corrected chi connectivity index (χ4v) is 2.71. The molecule has 0 bridgehead atoms. The zero-order chi connectivity index (χ0) is 9.52. The summed E-state index contributed by atoms with van der Waals surface area (Å²) >= 11 is 5.31. The van der Waals surface area contributed by atoms with Crippen LogP contribution < -0.4 is 5.32 Å². The molecule has 1 nitrogen and oxygen atoms in total. The zero-order valence-electron chi connectivity index (χ0n) is 7.98. The molecule has 0 aliphatic rings. The Morgan fingerprint density at radius 3 is 2.92 bits per heavy atom. The van der Waals surface area contributed by atoms with Gasteiger partial charge in [0.15, 0.2) is 0 Å². The van der Waals surface area contributed by atoms with Gasteiger partial charge in [0.05, 0.1) is 0 Å². The molecule has 0 saturated carbocycles. The number of thiophene rings is 1. The summed E-state index contributed by atoms with van der Waals surface area (Å²) in [6.07, 6.45) is 3.80. The highest BCUT2D eigenvalue weighted by molar-refractivity contribution is 9.10. The number of halogens is 1. The van der Waals surface area contributed by atoms with E-state index in [9.17, 15) is 0 Å². The van der Waals surface area contributed by atoms with Gasteiger partial charge in [0.25, 0.3) is 0 Å². The van der Waals surface area contributed by atoms with Crippen LogP contribution in [0.3, 0.4) is 0 Å². The van der Waals surface area contributed by atoms with E-state index in [0.717, 1.165) is 13.1 Å². The minimum absolute atomic E-state index is 1.09. The molecule has 0 aliphatic carbocycles. The SMILES string of the molecule is CCNCCCCc1cc(Br)cs1. The molecule has 1 aromatic heterocycles. The van der Waals surface area contributed by atoms with Crippen molar-refractivity contribution in [1.29, 1.82) is 0 Å². The Hall–Kier alpha value is 0.140. The molecule has 0 atom stereocenters. The van der Waals surface area contributed by atoms with E-state index in [1.807, 2.05) is 11.3 Å². The van der Waals surface area contributed by atoms with Gasteiger partial charge in [-0.2, -0.15) is 0 Å². The van der Waals surface area contributed by atoms with Gasteiger partial charge in [-0.05, 0) is 54.3 Å². The topological polar surface area (TPSA) is 12.0 Å².